The zero-order valence-electron chi connectivity index (χ0n) is 13.0. The SMILES string of the molecule is O=S(=O)(c1cccc(COc2ccc(Br)cc2)c1)N1CCOCC1. The third kappa shape index (κ3) is 4.16. The van der Waals surface area contributed by atoms with Crippen LogP contribution in [0.5, 0.6) is 5.75 Å². The molecule has 0 saturated carbocycles. The number of nitrogens with zero attached hydrogens (tertiary/aromatic N) is 1. The normalized spacial score (nSPS) is 16.0. The van der Waals surface area contributed by atoms with E-state index in [0.717, 1.165) is 15.8 Å². The Labute approximate surface area is 150 Å². The van der Waals surface area contributed by atoms with Crippen LogP contribution in [0.1, 0.15) is 5.56 Å². The number of ether oxygens (including phenoxy) is 2. The van der Waals surface area contributed by atoms with Crippen molar-refractivity contribution in [3.05, 3.63) is 58.6 Å². The molecule has 7 heteroatoms. The second-order valence-corrected chi connectivity index (χ2v) is 8.26. The van der Waals surface area contributed by atoms with Gasteiger partial charge in [-0.15, -0.1) is 0 Å². The summed E-state index contributed by atoms with van der Waals surface area (Å²) in [5.41, 5.74) is 0.812. The van der Waals surface area contributed by atoms with Crippen molar-refractivity contribution in [1.29, 1.82) is 0 Å². The highest BCUT2D eigenvalue weighted by molar-refractivity contribution is 9.10. The first-order valence-electron chi connectivity index (χ1n) is 7.61. The zero-order chi connectivity index (χ0) is 17.0. The Balaban J connectivity index is 1.72. The summed E-state index contributed by atoms with van der Waals surface area (Å²) in [6.07, 6.45) is 0. The molecule has 0 amide bonds. The molecule has 2 aromatic rings. The van der Waals surface area contributed by atoms with E-state index in [-0.39, 0.29) is 0 Å². The fraction of sp³-hybridized carbons (Fsp3) is 0.294. The van der Waals surface area contributed by atoms with Crippen LogP contribution in [0.3, 0.4) is 0 Å². The lowest BCUT2D eigenvalue weighted by molar-refractivity contribution is 0.0730. The summed E-state index contributed by atoms with van der Waals surface area (Å²) in [4.78, 5) is 0.293. The molecule has 128 valence electrons. The lowest BCUT2D eigenvalue weighted by Gasteiger charge is -2.26. The molecule has 1 heterocycles. The molecule has 0 N–H and O–H groups in total. The Hall–Kier alpha value is -1.41. The maximum Gasteiger partial charge on any atom is 0.243 e. The van der Waals surface area contributed by atoms with Crippen LogP contribution in [0, 0.1) is 0 Å². The molecule has 0 unspecified atom stereocenters. The summed E-state index contributed by atoms with van der Waals surface area (Å²) >= 11 is 3.37. The smallest absolute Gasteiger partial charge is 0.243 e. The van der Waals surface area contributed by atoms with Crippen LogP contribution in [0.15, 0.2) is 57.9 Å². The third-order valence-corrected chi connectivity index (χ3v) is 6.15. The molecule has 5 nitrogen and oxygen atoms in total. The first kappa shape index (κ1) is 17.4. The summed E-state index contributed by atoms with van der Waals surface area (Å²) in [7, 11) is -3.48. The van der Waals surface area contributed by atoms with E-state index in [2.05, 4.69) is 15.9 Å². The van der Waals surface area contributed by atoms with E-state index >= 15 is 0 Å². The van der Waals surface area contributed by atoms with Gasteiger partial charge >= 0.3 is 0 Å². The molecule has 0 bridgehead atoms. The molecular formula is C17H18BrNO4S. The second-order valence-electron chi connectivity index (χ2n) is 5.41. The Morgan fingerprint density at radius 1 is 1.08 bits per heavy atom. The number of rotatable bonds is 5. The van der Waals surface area contributed by atoms with Gasteiger partial charge in [-0.05, 0) is 42.0 Å². The van der Waals surface area contributed by atoms with Crippen LogP contribution in [-0.2, 0) is 21.4 Å². The first-order chi connectivity index (χ1) is 11.6. The van der Waals surface area contributed by atoms with Gasteiger partial charge in [0, 0.05) is 17.6 Å². The van der Waals surface area contributed by atoms with E-state index in [1.54, 1.807) is 18.2 Å². The van der Waals surface area contributed by atoms with Crippen LogP contribution in [0.4, 0.5) is 0 Å². The highest BCUT2D eigenvalue weighted by Crippen LogP contribution is 2.20. The summed E-state index contributed by atoms with van der Waals surface area (Å²) < 4.78 is 38.7. The maximum atomic E-state index is 12.7. The standard InChI is InChI=1S/C17H18BrNO4S/c18-15-4-6-16(7-5-15)23-13-14-2-1-3-17(12-14)24(20,21)19-8-10-22-11-9-19/h1-7,12H,8-11,13H2. The molecule has 0 atom stereocenters. The minimum absolute atomic E-state index is 0.293. The molecule has 0 radical (unpaired) electrons. The minimum Gasteiger partial charge on any atom is -0.489 e. The van der Waals surface area contributed by atoms with Crippen molar-refractivity contribution in [3.63, 3.8) is 0 Å². The molecule has 1 aliphatic rings. The van der Waals surface area contributed by atoms with E-state index in [4.69, 9.17) is 9.47 Å². The van der Waals surface area contributed by atoms with Crippen LogP contribution >= 0.6 is 15.9 Å². The minimum atomic E-state index is -3.48. The largest absolute Gasteiger partial charge is 0.489 e. The molecule has 0 spiro atoms. The molecule has 1 saturated heterocycles. The Morgan fingerprint density at radius 3 is 2.50 bits per heavy atom. The number of sulfonamides is 1. The van der Waals surface area contributed by atoms with Crippen molar-refractivity contribution in [2.45, 2.75) is 11.5 Å². The molecule has 0 aliphatic carbocycles. The predicted molar refractivity (Wildman–Crippen MR) is 94.5 cm³/mol. The van der Waals surface area contributed by atoms with Crippen molar-refractivity contribution in [2.24, 2.45) is 0 Å². The third-order valence-electron chi connectivity index (χ3n) is 3.73. The van der Waals surface area contributed by atoms with E-state index < -0.39 is 10.0 Å². The Bertz CT molecular complexity index is 786. The summed E-state index contributed by atoms with van der Waals surface area (Å²) in [6.45, 7) is 1.97. The second kappa shape index (κ2) is 7.65. The highest BCUT2D eigenvalue weighted by atomic mass is 79.9. The van der Waals surface area contributed by atoms with Gasteiger partial charge < -0.3 is 9.47 Å². The van der Waals surface area contributed by atoms with Crippen molar-refractivity contribution >= 4 is 26.0 Å². The van der Waals surface area contributed by atoms with Gasteiger partial charge in [0.2, 0.25) is 10.0 Å². The number of morpholine rings is 1. The fourth-order valence-corrected chi connectivity index (χ4v) is 4.17. The van der Waals surface area contributed by atoms with E-state index in [9.17, 15) is 8.42 Å². The zero-order valence-corrected chi connectivity index (χ0v) is 15.4. The summed E-state index contributed by atoms with van der Waals surface area (Å²) in [6, 6.07) is 14.4. The molecule has 24 heavy (non-hydrogen) atoms. The fourth-order valence-electron chi connectivity index (χ4n) is 2.43. The van der Waals surface area contributed by atoms with Crippen molar-refractivity contribution in [3.8, 4) is 5.75 Å². The van der Waals surface area contributed by atoms with Crippen LogP contribution < -0.4 is 4.74 Å². The van der Waals surface area contributed by atoms with Gasteiger partial charge in [-0.2, -0.15) is 4.31 Å². The monoisotopic (exact) mass is 411 g/mol. The van der Waals surface area contributed by atoms with Gasteiger partial charge in [-0.25, -0.2) is 8.42 Å². The predicted octanol–water partition coefficient (Wildman–Crippen LogP) is 3.05. The Kier molecular flexibility index (Phi) is 5.55. The topological polar surface area (TPSA) is 55.8 Å². The van der Waals surface area contributed by atoms with E-state index in [0.29, 0.717) is 37.8 Å². The van der Waals surface area contributed by atoms with Crippen molar-refractivity contribution in [1.82, 2.24) is 4.31 Å². The van der Waals surface area contributed by atoms with E-state index in [1.165, 1.54) is 4.31 Å². The Morgan fingerprint density at radius 2 is 1.79 bits per heavy atom. The van der Waals surface area contributed by atoms with Crippen LogP contribution in [0.2, 0.25) is 0 Å². The van der Waals surface area contributed by atoms with Gasteiger partial charge in [-0.3, -0.25) is 0 Å². The number of hydrogen-bond donors (Lipinski definition) is 0. The molecule has 1 aliphatic heterocycles. The molecule has 1 fully saturated rings. The lowest BCUT2D eigenvalue weighted by atomic mass is 10.2. The van der Waals surface area contributed by atoms with Gasteiger partial charge in [-0.1, -0.05) is 28.1 Å². The van der Waals surface area contributed by atoms with Gasteiger partial charge in [0.05, 0.1) is 18.1 Å². The first-order valence-corrected chi connectivity index (χ1v) is 9.84. The highest BCUT2D eigenvalue weighted by Gasteiger charge is 2.26. The molecule has 0 aromatic heterocycles. The average molecular weight is 412 g/mol. The molecule has 2 aromatic carbocycles. The van der Waals surface area contributed by atoms with Crippen molar-refractivity contribution < 1.29 is 17.9 Å². The van der Waals surface area contributed by atoms with Crippen molar-refractivity contribution in [2.75, 3.05) is 26.3 Å². The molecule has 3 rings (SSSR count). The average Bonchev–Trinajstić information content (AvgIpc) is 2.62. The number of benzene rings is 2. The summed E-state index contributed by atoms with van der Waals surface area (Å²) in [5.74, 6) is 0.736. The van der Waals surface area contributed by atoms with Gasteiger partial charge in [0.15, 0.2) is 0 Å². The van der Waals surface area contributed by atoms with Gasteiger partial charge in [0.1, 0.15) is 12.4 Å². The number of halogens is 1. The van der Waals surface area contributed by atoms with Crippen LogP contribution in [-0.4, -0.2) is 39.0 Å². The summed E-state index contributed by atoms with van der Waals surface area (Å²) in [5, 5.41) is 0. The van der Waals surface area contributed by atoms with Gasteiger partial charge in [0.25, 0.3) is 0 Å². The van der Waals surface area contributed by atoms with E-state index in [1.807, 2.05) is 30.3 Å². The lowest BCUT2D eigenvalue weighted by Crippen LogP contribution is -2.40. The quantitative estimate of drug-likeness (QED) is 0.758. The maximum absolute atomic E-state index is 12.7. The number of hydrogen-bond acceptors (Lipinski definition) is 4. The molecular weight excluding hydrogens is 394 g/mol. The van der Waals surface area contributed by atoms with Crippen LogP contribution in [0.25, 0.3) is 0 Å².